The van der Waals surface area contributed by atoms with Crippen molar-refractivity contribution in [1.29, 1.82) is 0 Å². The molecule has 0 aliphatic carbocycles. The number of carbonyl (C=O) groups is 2. The summed E-state index contributed by atoms with van der Waals surface area (Å²) in [6.07, 6.45) is 2.07. The normalized spacial score (nSPS) is 14.4. The van der Waals surface area contributed by atoms with E-state index in [0.29, 0.717) is 49.4 Å². The minimum absolute atomic E-state index is 0.0239. The van der Waals surface area contributed by atoms with Crippen LogP contribution in [0, 0.1) is 0 Å². The molecule has 0 radical (unpaired) electrons. The average molecular weight is 494 g/mol. The van der Waals surface area contributed by atoms with E-state index in [1.165, 1.54) is 6.20 Å². The zero-order valence-corrected chi connectivity index (χ0v) is 20.3. The number of morpholine rings is 1. The van der Waals surface area contributed by atoms with E-state index in [9.17, 15) is 9.59 Å². The molecule has 0 bridgehead atoms. The van der Waals surface area contributed by atoms with Gasteiger partial charge < -0.3 is 20.7 Å². The van der Waals surface area contributed by atoms with Crippen LogP contribution in [-0.4, -0.2) is 53.0 Å². The van der Waals surface area contributed by atoms with Gasteiger partial charge in [-0.2, -0.15) is 0 Å². The van der Waals surface area contributed by atoms with Gasteiger partial charge in [-0.1, -0.05) is 54.1 Å². The van der Waals surface area contributed by atoms with E-state index in [4.69, 9.17) is 22.1 Å². The molecule has 182 valence electrons. The molecule has 0 spiro atoms. The van der Waals surface area contributed by atoms with Gasteiger partial charge in [-0.05, 0) is 29.7 Å². The van der Waals surface area contributed by atoms with Gasteiger partial charge in [0.2, 0.25) is 5.91 Å². The largest absolute Gasteiger partial charge is 0.378 e. The summed E-state index contributed by atoms with van der Waals surface area (Å²) in [4.78, 5) is 35.4. The smallest absolute Gasteiger partial charge is 0.254 e. The first-order valence-corrected chi connectivity index (χ1v) is 11.9. The van der Waals surface area contributed by atoms with Gasteiger partial charge in [0, 0.05) is 36.8 Å². The minimum Gasteiger partial charge on any atom is -0.378 e. The Morgan fingerprint density at radius 3 is 2.63 bits per heavy atom. The molecule has 3 aromatic rings. The van der Waals surface area contributed by atoms with Gasteiger partial charge in [-0.15, -0.1) is 0 Å². The molecule has 2 aromatic carbocycles. The van der Waals surface area contributed by atoms with Crippen LogP contribution in [0.5, 0.6) is 0 Å². The van der Waals surface area contributed by atoms with E-state index < -0.39 is 5.91 Å². The number of hydrogen-bond acceptors (Lipinski definition) is 6. The fourth-order valence-electron chi connectivity index (χ4n) is 3.97. The number of anilines is 1. The molecule has 1 saturated heterocycles. The second-order valence-corrected chi connectivity index (χ2v) is 8.87. The van der Waals surface area contributed by atoms with E-state index in [1.807, 2.05) is 49.4 Å². The summed E-state index contributed by atoms with van der Waals surface area (Å²) < 4.78 is 5.32. The van der Waals surface area contributed by atoms with Gasteiger partial charge in [0.1, 0.15) is 11.6 Å². The molecular formula is C26H28ClN5O3. The zero-order chi connectivity index (χ0) is 24.8. The van der Waals surface area contributed by atoms with Crippen molar-refractivity contribution in [3.8, 4) is 0 Å². The predicted molar refractivity (Wildman–Crippen MR) is 134 cm³/mol. The Morgan fingerprint density at radius 2 is 1.91 bits per heavy atom. The van der Waals surface area contributed by atoms with Crippen LogP contribution in [0.3, 0.4) is 0 Å². The first-order valence-electron chi connectivity index (χ1n) is 11.5. The first-order chi connectivity index (χ1) is 16.9. The second kappa shape index (κ2) is 11.3. The third-order valence-corrected chi connectivity index (χ3v) is 6.30. The molecule has 1 atom stereocenters. The van der Waals surface area contributed by atoms with Gasteiger partial charge in [-0.3, -0.25) is 9.59 Å². The Balaban J connectivity index is 1.52. The van der Waals surface area contributed by atoms with Crippen molar-refractivity contribution in [3.05, 3.63) is 87.8 Å². The SMILES string of the molecule is C[C@@H](Nc1nc(Cc2ccc(Cl)c(CC(=O)N3CCOCC3)c2)ncc1C(N)=O)c1ccccc1. The molecule has 0 saturated carbocycles. The van der Waals surface area contributed by atoms with Gasteiger partial charge in [0.05, 0.1) is 25.2 Å². The molecule has 2 heterocycles. The lowest BCUT2D eigenvalue weighted by atomic mass is 10.0. The summed E-state index contributed by atoms with van der Waals surface area (Å²) in [5.74, 6) is 0.326. The monoisotopic (exact) mass is 493 g/mol. The molecule has 1 aliphatic heterocycles. The van der Waals surface area contributed by atoms with Crippen LogP contribution in [0.25, 0.3) is 0 Å². The van der Waals surface area contributed by atoms with Crippen molar-refractivity contribution in [2.24, 2.45) is 5.73 Å². The van der Waals surface area contributed by atoms with Crippen LogP contribution in [-0.2, 0) is 22.4 Å². The summed E-state index contributed by atoms with van der Waals surface area (Å²) in [7, 11) is 0. The highest BCUT2D eigenvalue weighted by molar-refractivity contribution is 6.31. The molecule has 1 aromatic heterocycles. The molecule has 2 amide bonds. The third kappa shape index (κ3) is 6.35. The van der Waals surface area contributed by atoms with Crippen LogP contribution >= 0.6 is 11.6 Å². The lowest BCUT2D eigenvalue weighted by Gasteiger charge is -2.27. The number of benzene rings is 2. The third-order valence-electron chi connectivity index (χ3n) is 5.93. The number of ether oxygens (including phenoxy) is 1. The number of aromatic nitrogens is 2. The van der Waals surface area contributed by atoms with Crippen LogP contribution in [0.2, 0.25) is 5.02 Å². The van der Waals surface area contributed by atoms with Crippen LogP contribution < -0.4 is 11.1 Å². The molecule has 1 fully saturated rings. The Bertz CT molecular complexity index is 1200. The summed E-state index contributed by atoms with van der Waals surface area (Å²) in [5.41, 5.74) is 8.50. The van der Waals surface area contributed by atoms with Gasteiger partial charge in [0.25, 0.3) is 5.91 Å². The van der Waals surface area contributed by atoms with Crippen molar-refractivity contribution >= 4 is 29.2 Å². The number of carbonyl (C=O) groups excluding carboxylic acids is 2. The summed E-state index contributed by atoms with van der Waals surface area (Å²) in [6.45, 7) is 4.27. The molecule has 0 unspecified atom stereocenters. The highest BCUT2D eigenvalue weighted by Crippen LogP contribution is 2.23. The maximum Gasteiger partial charge on any atom is 0.254 e. The van der Waals surface area contributed by atoms with Gasteiger partial charge >= 0.3 is 0 Å². The van der Waals surface area contributed by atoms with E-state index in [-0.39, 0.29) is 23.9 Å². The lowest BCUT2D eigenvalue weighted by Crippen LogP contribution is -2.41. The van der Waals surface area contributed by atoms with E-state index >= 15 is 0 Å². The highest BCUT2D eigenvalue weighted by Gasteiger charge is 2.19. The molecule has 1 aliphatic rings. The Hall–Kier alpha value is -3.49. The van der Waals surface area contributed by atoms with E-state index in [2.05, 4.69) is 15.3 Å². The van der Waals surface area contributed by atoms with Crippen LogP contribution in [0.15, 0.2) is 54.7 Å². The zero-order valence-electron chi connectivity index (χ0n) is 19.5. The quantitative estimate of drug-likeness (QED) is 0.497. The van der Waals surface area contributed by atoms with E-state index in [1.54, 1.807) is 11.0 Å². The Labute approximate surface area is 209 Å². The minimum atomic E-state index is -0.602. The number of primary amides is 1. The number of nitrogens with zero attached hydrogens (tertiary/aromatic N) is 3. The fourth-order valence-corrected chi connectivity index (χ4v) is 4.15. The maximum absolute atomic E-state index is 12.7. The summed E-state index contributed by atoms with van der Waals surface area (Å²) in [5, 5.41) is 3.82. The topological polar surface area (TPSA) is 110 Å². The molecule has 4 rings (SSSR count). The fraction of sp³-hybridized carbons (Fsp3) is 0.308. The molecule has 3 N–H and O–H groups in total. The van der Waals surface area contributed by atoms with Crippen molar-refractivity contribution in [3.63, 3.8) is 0 Å². The highest BCUT2D eigenvalue weighted by atomic mass is 35.5. The summed E-state index contributed by atoms with van der Waals surface area (Å²) >= 11 is 6.39. The standard InChI is InChI=1S/C26H28ClN5O3/c1-17(19-5-3-2-4-6-19)30-26-21(25(28)34)16-29-23(31-26)14-18-7-8-22(27)20(13-18)15-24(33)32-9-11-35-12-10-32/h2-8,13,16-17H,9-12,14-15H2,1H3,(H2,28,34)(H,29,30,31)/t17-/m1/s1. The van der Waals surface area contributed by atoms with Crippen LogP contribution in [0.1, 0.15) is 45.8 Å². The maximum atomic E-state index is 12.7. The lowest BCUT2D eigenvalue weighted by molar-refractivity contribution is -0.134. The molecule has 35 heavy (non-hydrogen) atoms. The number of nitrogens with one attached hydrogen (secondary N) is 1. The van der Waals surface area contributed by atoms with Crippen molar-refractivity contribution in [2.45, 2.75) is 25.8 Å². The van der Waals surface area contributed by atoms with Crippen molar-refractivity contribution in [2.75, 3.05) is 31.6 Å². The Morgan fingerprint density at radius 1 is 1.17 bits per heavy atom. The first kappa shape index (κ1) is 24.6. The number of rotatable bonds is 8. The van der Waals surface area contributed by atoms with Gasteiger partial charge in [0.15, 0.2) is 0 Å². The predicted octanol–water partition coefficient (Wildman–Crippen LogP) is 3.39. The summed E-state index contributed by atoms with van der Waals surface area (Å²) in [6, 6.07) is 15.3. The number of hydrogen-bond donors (Lipinski definition) is 2. The number of amides is 2. The molecule has 9 heteroatoms. The molecular weight excluding hydrogens is 466 g/mol. The Kier molecular flexibility index (Phi) is 7.94. The van der Waals surface area contributed by atoms with Gasteiger partial charge in [-0.25, -0.2) is 9.97 Å². The van der Waals surface area contributed by atoms with E-state index in [0.717, 1.165) is 16.7 Å². The van der Waals surface area contributed by atoms with Crippen LogP contribution in [0.4, 0.5) is 5.82 Å². The molecule has 8 nitrogen and oxygen atoms in total. The van der Waals surface area contributed by atoms with Crippen molar-refractivity contribution in [1.82, 2.24) is 14.9 Å². The number of nitrogens with two attached hydrogens (primary N) is 1. The second-order valence-electron chi connectivity index (χ2n) is 8.46. The average Bonchev–Trinajstić information content (AvgIpc) is 2.87. The number of halogens is 1. The van der Waals surface area contributed by atoms with Crippen molar-refractivity contribution < 1.29 is 14.3 Å².